The molecule has 0 unspecified atom stereocenters. The molecule has 0 aromatic heterocycles. The Labute approximate surface area is 110 Å². The van der Waals surface area contributed by atoms with Crippen LogP contribution in [0.4, 0.5) is 0 Å². The SMILES string of the molecule is CCCCOCCOCCOCCCOC(C)=O. The molecule has 0 aromatic rings. The first kappa shape index (κ1) is 17.4. The average Bonchev–Trinajstić information content (AvgIpc) is 2.34. The Kier molecular flexibility index (Phi) is 13.9. The number of rotatable bonds is 13. The molecule has 108 valence electrons. The molecular weight excluding hydrogens is 236 g/mol. The van der Waals surface area contributed by atoms with E-state index in [9.17, 15) is 4.79 Å². The van der Waals surface area contributed by atoms with E-state index in [0.29, 0.717) is 39.6 Å². The summed E-state index contributed by atoms with van der Waals surface area (Å²) in [5.74, 6) is -0.249. The third-order valence-electron chi connectivity index (χ3n) is 2.12. The third kappa shape index (κ3) is 15.4. The normalized spacial score (nSPS) is 10.6. The molecule has 0 aliphatic rings. The Bertz CT molecular complexity index is 184. The molecule has 0 aromatic carbocycles. The van der Waals surface area contributed by atoms with Crippen LogP contribution < -0.4 is 0 Å². The number of hydrogen-bond acceptors (Lipinski definition) is 5. The van der Waals surface area contributed by atoms with Crippen LogP contribution in [0, 0.1) is 0 Å². The fraction of sp³-hybridized carbons (Fsp3) is 0.923. The minimum Gasteiger partial charge on any atom is -0.466 e. The fourth-order valence-electron chi connectivity index (χ4n) is 1.17. The van der Waals surface area contributed by atoms with Gasteiger partial charge in [0, 0.05) is 26.6 Å². The van der Waals surface area contributed by atoms with E-state index in [1.807, 2.05) is 0 Å². The molecule has 0 radical (unpaired) electrons. The molecule has 0 heterocycles. The molecule has 5 heteroatoms. The standard InChI is InChI=1S/C13H26O5/c1-3-4-6-15-9-11-17-12-10-16-7-5-8-18-13(2)14/h3-12H2,1-2H3. The van der Waals surface area contributed by atoms with Gasteiger partial charge in [-0.3, -0.25) is 4.79 Å². The Morgan fingerprint density at radius 1 is 0.778 bits per heavy atom. The molecule has 0 aliphatic carbocycles. The van der Waals surface area contributed by atoms with Crippen LogP contribution in [0.2, 0.25) is 0 Å². The van der Waals surface area contributed by atoms with Gasteiger partial charge < -0.3 is 18.9 Å². The van der Waals surface area contributed by atoms with Crippen molar-refractivity contribution in [2.45, 2.75) is 33.1 Å². The molecule has 0 atom stereocenters. The molecule has 0 amide bonds. The summed E-state index contributed by atoms with van der Waals surface area (Å²) in [6, 6.07) is 0. The first-order chi connectivity index (χ1) is 8.77. The van der Waals surface area contributed by atoms with Crippen molar-refractivity contribution in [3.05, 3.63) is 0 Å². The Morgan fingerprint density at radius 2 is 1.28 bits per heavy atom. The van der Waals surface area contributed by atoms with Crippen molar-refractivity contribution in [1.82, 2.24) is 0 Å². The summed E-state index contributed by atoms with van der Waals surface area (Å²) in [7, 11) is 0. The van der Waals surface area contributed by atoms with Gasteiger partial charge in [0.1, 0.15) is 0 Å². The second-order valence-corrected chi connectivity index (χ2v) is 3.88. The van der Waals surface area contributed by atoms with Crippen molar-refractivity contribution in [3.63, 3.8) is 0 Å². The fourth-order valence-corrected chi connectivity index (χ4v) is 1.17. The van der Waals surface area contributed by atoms with Crippen molar-refractivity contribution in [3.8, 4) is 0 Å². The minimum atomic E-state index is -0.249. The van der Waals surface area contributed by atoms with Crippen molar-refractivity contribution in [2.24, 2.45) is 0 Å². The van der Waals surface area contributed by atoms with Crippen LogP contribution in [0.5, 0.6) is 0 Å². The van der Waals surface area contributed by atoms with Gasteiger partial charge in [-0.2, -0.15) is 0 Å². The molecule has 0 fully saturated rings. The first-order valence-corrected chi connectivity index (χ1v) is 6.64. The van der Waals surface area contributed by atoms with E-state index in [-0.39, 0.29) is 5.97 Å². The van der Waals surface area contributed by atoms with Gasteiger partial charge in [-0.15, -0.1) is 0 Å². The summed E-state index contributed by atoms with van der Waals surface area (Å²) in [6.45, 7) is 7.75. The molecule has 0 spiro atoms. The molecule has 0 saturated heterocycles. The Hall–Kier alpha value is -0.650. The van der Waals surface area contributed by atoms with E-state index in [0.717, 1.165) is 25.9 Å². The van der Waals surface area contributed by atoms with E-state index in [2.05, 4.69) is 6.92 Å². The van der Waals surface area contributed by atoms with Gasteiger partial charge in [0.25, 0.3) is 0 Å². The lowest BCUT2D eigenvalue weighted by Crippen LogP contribution is -2.11. The van der Waals surface area contributed by atoms with E-state index in [1.165, 1.54) is 6.92 Å². The van der Waals surface area contributed by atoms with E-state index < -0.39 is 0 Å². The number of ether oxygens (including phenoxy) is 4. The van der Waals surface area contributed by atoms with Gasteiger partial charge in [0.15, 0.2) is 0 Å². The highest BCUT2D eigenvalue weighted by Gasteiger charge is 1.94. The lowest BCUT2D eigenvalue weighted by Gasteiger charge is -2.06. The highest BCUT2D eigenvalue weighted by Crippen LogP contribution is 1.89. The van der Waals surface area contributed by atoms with Crippen LogP contribution in [0.3, 0.4) is 0 Å². The van der Waals surface area contributed by atoms with Crippen molar-refractivity contribution < 1.29 is 23.7 Å². The Balaban J connectivity index is 2.92. The predicted octanol–water partition coefficient (Wildman–Crippen LogP) is 1.79. The zero-order valence-corrected chi connectivity index (χ0v) is 11.6. The van der Waals surface area contributed by atoms with Crippen LogP contribution in [-0.4, -0.2) is 52.2 Å². The maximum Gasteiger partial charge on any atom is 0.302 e. The summed E-state index contributed by atoms with van der Waals surface area (Å²) in [6.07, 6.45) is 2.98. The topological polar surface area (TPSA) is 54.0 Å². The third-order valence-corrected chi connectivity index (χ3v) is 2.12. The van der Waals surface area contributed by atoms with Gasteiger partial charge in [0.2, 0.25) is 0 Å². The average molecular weight is 262 g/mol. The maximum atomic E-state index is 10.5. The maximum absolute atomic E-state index is 10.5. The molecule has 0 saturated carbocycles. The van der Waals surface area contributed by atoms with Crippen LogP contribution in [0.25, 0.3) is 0 Å². The molecule has 0 rings (SSSR count). The summed E-state index contributed by atoms with van der Waals surface area (Å²) in [5.41, 5.74) is 0. The smallest absolute Gasteiger partial charge is 0.302 e. The van der Waals surface area contributed by atoms with Gasteiger partial charge >= 0.3 is 5.97 Å². The number of carbonyl (C=O) groups excluding carboxylic acids is 1. The van der Waals surface area contributed by atoms with Crippen molar-refractivity contribution in [2.75, 3.05) is 46.2 Å². The lowest BCUT2D eigenvalue weighted by molar-refractivity contribution is -0.141. The van der Waals surface area contributed by atoms with Gasteiger partial charge in [-0.05, 0) is 6.42 Å². The van der Waals surface area contributed by atoms with E-state index in [4.69, 9.17) is 18.9 Å². The van der Waals surface area contributed by atoms with E-state index >= 15 is 0 Å². The van der Waals surface area contributed by atoms with Crippen LogP contribution in [0.15, 0.2) is 0 Å². The zero-order chi connectivity index (χ0) is 13.5. The second kappa shape index (κ2) is 14.4. The van der Waals surface area contributed by atoms with Gasteiger partial charge in [0.05, 0.1) is 33.0 Å². The molecular formula is C13H26O5. The van der Waals surface area contributed by atoms with Gasteiger partial charge in [-0.25, -0.2) is 0 Å². The predicted molar refractivity (Wildman–Crippen MR) is 68.6 cm³/mol. The van der Waals surface area contributed by atoms with E-state index in [1.54, 1.807) is 0 Å². The molecule has 5 nitrogen and oxygen atoms in total. The first-order valence-electron chi connectivity index (χ1n) is 6.64. The summed E-state index contributed by atoms with van der Waals surface area (Å²) >= 11 is 0. The molecule has 18 heavy (non-hydrogen) atoms. The minimum absolute atomic E-state index is 0.249. The quantitative estimate of drug-likeness (QED) is 0.374. The second-order valence-electron chi connectivity index (χ2n) is 3.88. The van der Waals surface area contributed by atoms with Crippen LogP contribution in [0.1, 0.15) is 33.1 Å². The largest absolute Gasteiger partial charge is 0.466 e. The van der Waals surface area contributed by atoms with Crippen LogP contribution in [-0.2, 0) is 23.7 Å². The van der Waals surface area contributed by atoms with Crippen molar-refractivity contribution in [1.29, 1.82) is 0 Å². The monoisotopic (exact) mass is 262 g/mol. The molecule has 0 aliphatic heterocycles. The highest BCUT2D eigenvalue weighted by molar-refractivity contribution is 5.65. The van der Waals surface area contributed by atoms with Crippen molar-refractivity contribution >= 4 is 5.97 Å². The summed E-state index contributed by atoms with van der Waals surface area (Å²) in [5, 5.41) is 0. The molecule has 0 N–H and O–H groups in total. The summed E-state index contributed by atoms with van der Waals surface area (Å²) < 4.78 is 20.7. The number of esters is 1. The Morgan fingerprint density at radius 3 is 1.78 bits per heavy atom. The lowest BCUT2D eigenvalue weighted by atomic mass is 10.4. The highest BCUT2D eigenvalue weighted by atomic mass is 16.5. The zero-order valence-electron chi connectivity index (χ0n) is 11.6. The number of carbonyl (C=O) groups is 1. The van der Waals surface area contributed by atoms with Gasteiger partial charge in [-0.1, -0.05) is 13.3 Å². The molecule has 0 bridgehead atoms. The summed E-state index contributed by atoms with van der Waals surface area (Å²) in [4.78, 5) is 10.5. The number of unbranched alkanes of at least 4 members (excludes halogenated alkanes) is 1. The number of hydrogen-bond donors (Lipinski definition) is 0. The van der Waals surface area contributed by atoms with Crippen LogP contribution >= 0.6 is 0 Å².